The number of carbonyl (C=O) groups is 1. The monoisotopic (exact) mass is 414 g/mol. The first-order valence-corrected chi connectivity index (χ1v) is 10.3. The lowest BCUT2D eigenvalue weighted by Gasteiger charge is -2.21. The van der Waals surface area contributed by atoms with Crippen LogP contribution in [0.1, 0.15) is 22.9 Å². The highest BCUT2D eigenvalue weighted by Crippen LogP contribution is 2.23. The van der Waals surface area contributed by atoms with Crippen molar-refractivity contribution in [1.82, 2.24) is 10.2 Å². The number of rotatable bonds is 8. The van der Waals surface area contributed by atoms with Crippen LogP contribution in [0.4, 0.5) is 0 Å². The Morgan fingerprint density at radius 1 is 1.00 bits per heavy atom. The van der Waals surface area contributed by atoms with Crippen LogP contribution in [0.15, 0.2) is 89.5 Å². The van der Waals surface area contributed by atoms with E-state index >= 15 is 0 Å². The average Bonchev–Trinajstić information content (AvgIpc) is 3.34. The maximum atomic E-state index is 12.8. The van der Waals surface area contributed by atoms with E-state index in [1.807, 2.05) is 67.7 Å². The Morgan fingerprint density at radius 2 is 1.77 bits per heavy atom. The van der Waals surface area contributed by atoms with E-state index < -0.39 is 0 Å². The van der Waals surface area contributed by atoms with E-state index in [9.17, 15) is 4.79 Å². The molecule has 5 nitrogen and oxygen atoms in total. The number of nitrogens with zero attached hydrogens (tertiary/aromatic N) is 1. The molecular weight excluding hydrogens is 388 g/mol. The van der Waals surface area contributed by atoms with Crippen LogP contribution in [-0.4, -0.2) is 31.5 Å². The largest absolute Gasteiger partial charge is 0.497 e. The molecule has 1 aromatic heterocycles. The minimum absolute atomic E-state index is 0.0160. The summed E-state index contributed by atoms with van der Waals surface area (Å²) in [5.41, 5.74) is 2.14. The second kappa shape index (κ2) is 9.49. The van der Waals surface area contributed by atoms with Crippen molar-refractivity contribution in [1.29, 1.82) is 0 Å². The van der Waals surface area contributed by atoms with Crippen molar-refractivity contribution in [3.8, 4) is 5.75 Å². The van der Waals surface area contributed by atoms with Gasteiger partial charge in [-0.25, -0.2) is 0 Å². The van der Waals surface area contributed by atoms with Gasteiger partial charge in [-0.3, -0.25) is 10.1 Å². The number of furan rings is 1. The van der Waals surface area contributed by atoms with Crippen molar-refractivity contribution in [3.63, 3.8) is 0 Å². The first-order chi connectivity index (χ1) is 15.1. The zero-order valence-corrected chi connectivity index (χ0v) is 17.7. The van der Waals surface area contributed by atoms with Crippen molar-refractivity contribution in [2.24, 2.45) is 0 Å². The molecule has 0 saturated heterocycles. The van der Waals surface area contributed by atoms with E-state index in [0.717, 1.165) is 33.4 Å². The Bertz CT molecular complexity index is 1140. The average molecular weight is 415 g/mol. The molecule has 0 unspecified atom stereocenters. The van der Waals surface area contributed by atoms with Crippen LogP contribution >= 0.6 is 0 Å². The van der Waals surface area contributed by atoms with E-state index in [2.05, 4.69) is 23.5 Å². The molecule has 0 spiro atoms. The third-order valence-corrected chi connectivity index (χ3v) is 5.38. The fraction of sp³-hybridized carbons (Fsp3) is 0.192. The van der Waals surface area contributed by atoms with Gasteiger partial charge in [0.25, 0.3) is 0 Å². The summed E-state index contributed by atoms with van der Waals surface area (Å²) in [5.74, 6) is 1.64. The molecular formula is C26H26N2O3. The highest BCUT2D eigenvalue weighted by Gasteiger charge is 2.19. The molecule has 5 heteroatoms. The number of fused-ring (bicyclic) bond motifs is 1. The van der Waals surface area contributed by atoms with Crippen molar-refractivity contribution in [2.45, 2.75) is 12.6 Å². The molecule has 0 radical (unpaired) electrons. The molecule has 31 heavy (non-hydrogen) atoms. The summed E-state index contributed by atoms with van der Waals surface area (Å²) in [6, 6.07) is 25.8. The quantitative estimate of drug-likeness (QED) is 0.451. The molecule has 1 atom stereocenters. The van der Waals surface area contributed by atoms with Gasteiger partial charge in [-0.05, 0) is 52.2 Å². The predicted molar refractivity (Wildman–Crippen MR) is 122 cm³/mol. The highest BCUT2D eigenvalue weighted by atomic mass is 16.5. The van der Waals surface area contributed by atoms with Gasteiger partial charge < -0.3 is 14.1 Å². The van der Waals surface area contributed by atoms with Gasteiger partial charge in [0.15, 0.2) is 0 Å². The fourth-order valence-electron chi connectivity index (χ4n) is 3.67. The number of hydrogen-bond acceptors (Lipinski definition) is 4. The summed E-state index contributed by atoms with van der Waals surface area (Å²) in [5, 5.41) is 5.59. The van der Waals surface area contributed by atoms with E-state index in [0.29, 0.717) is 6.54 Å². The smallest absolute Gasteiger partial charge is 0.236 e. The molecule has 4 rings (SSSR count). The van der Waals surface area contributed by atoms with Gasteiger partial charge in [0, 0.05) is 13.6 Å². The van der Waals surface area contributed by atoms with Crippen LogP contribution in [0, 0.1) is 0 Å². The van der Waals surface area contributed by atoms with Gasteiger partial charge in [0.05, 0.1) is 26.0 Å². The molecule has 0 aliphatic heterocycles. The molecule has 0 aliphatic rings. The maximum Gasteiger partial charge on any atom is 0.236 e. The van der Waals surface area contributed by atoms with Gasteiger partial charge in [-0.15, -0.1) is 0 Å². The van der Waals surface area contributed by atoms with Crippen LogP contribution in [0.2, 0.25) is 0 Å². The van der Waals surface area contributed by atoms with Gasteiger partial charge >= 0.3 is 0 Å². The Morgan fingerprint density at radius 3 is 2.52 bits per heavy atom. The molecule has 3 aromatic carbocycles. The summed E-state index contributed by atoms with van der Waals surface area (Å²) in [6.07, 6.45) is 1.65. The zero-order chi connectivity index (χ0) is 21.6. The molecule has 0 bridgehead atoms. The van der Waals surface area contributed by atoms with Crippen LogP contribution < -0.4 is 10.1 Å². The van der Waals surface area contributed by atoms with Crippen molar-refractivity contribution < 1.29 is 13.9 Å². The van der Waals surface area contributed by atoms with Crippen LogP contribution in [-0.2, 0) is 11.3 Å². The summed E-state index contributed by atoms with van der Waals surface area (Å²) in [4.78, 5) is 14.6. The lowest BCUT2D eigenvalue weighted by molar-refractivity contribution is -0.129. The molecule has 0 aliphatic carbocycles. The molecule has 0 saturated carbocycles. The minimum Gasteiger partial charge on any atom is -0.497 e. The Hall–Kier alpha value is -3.57. The summed E-state index contributed by atoms with van der Waals surface area (Å²) in [7, 11) is 3.49. The molecule has 158 valence electrons. The lowest BCUT2D eigenvalue weighted by Crippen LogP contribution is -2.37. The van der Waals surface area contributed by atoms with Gasteiger partial charge in [-0.1, -0.05) is 48.5 Å². The second-order valence-corrected chi connectivity index (χ2v) is 7.54. The third-order valence-electron chi connectivity index (χ3n) is 5.38. The molecule has 1 N–H and O–H groups in total. The number of hydrogen-bond donors (Lipinski definition) is 1. The van der Waals surface area contributed by atoms with E-state index in [4.69, 9.17) is 9.15 Å². The van der Waals surface area contributed by atoms with Crippen molar-refractivity contribution >= 4 is 16.7 Å². The number of carbonyl (C=O) groups excluding carboxylic acids is 1. The number of ether oxygens (including phenoxy) is 1. The second-order valence-electron chi connectivity index (χ2n) is 7.54. The molecule has 1 heterocycles. The minimum atomic E-state index is -0.177. The highest BCUT2D eigenvalue weighted by molar-refractivity contribution is 5.84. The Balaban J connectivity index is 1.41. The van der Waals surface area contributed by atoms with E-state index in [-0.39, 0.29) is 18.5 Å². The number of amides is 1. The first kappa shape index (κ1) is 20.7. The summed E-state index contributed by atoms with van der Waals surface area (Å²) >= 11 is 0. The number of methoxy groups -OCH3 is 1. The predicted octanol–water partition coefficient (Wildman–Crippen LogP) is 4.78. The first-order valence-electron chi connectivity index (χ1n) is 10.3. The van der Waals surface area contributed by atoms with Gasteiger partial charge in [0.2, 0.25) is 5.91 Å². The molecule has 0 fully saturated rings. The SMILES string of the molecule is COc1ccc2cc(CN(C)C(=O)CN[C@H](c3ccccc3)c3ccco3)ccc2c1. The van der Waals surface area contributed by atoms with E-state index in [1.165, 1.54) is 0 Å². The molecule has 1 amide bonds. The topological polar surface area (TPSA) is 54.7 Å². The van der Waals surface area contributed by atoms with Crippen molar-refractivity contribution in [2.75, 3.05) is 20.7 Å². The maximum absolute atomic E-state index is 12.8. The van der Waals surface area contributed by atoms with Gasteiger partial charge in [-0.2, -0.15) is 0 Å². The van der Waals surface area contributed by atoms with Gasteiger partial charge in [0.1, 0.15) is 11.5 Å². The molecule has 4 aromatic rings. The lowest BCUT2D eigenvalue weighted by atomic mass is 10.0. The summed E-state index contributed by atoms with van der Waals surface area (Å²) < 4.78 is 10.9. The van der Waals surface area contributed by atoms with E-state index in [1.54, 1.807) is 18.3 Å². The normalized spacial score (nSPS) is 11.9. The number of likely N-dealkylation sites (N-methyl/N-ethyl adjacent to an activating group) is 1. The van der Waals surface area contributed by atoms with Crippen molar-refractivity contribution in [3.05, 3.63) is 102 Å². The van der Waals surface area contributed by atoms with Crippen LogP contribution in [0.3, 0.4) is 0 Å². The Kier molecular flexibility index (Phi) is 6.34. The fourth-order valence-corrected chi connectivity index (χ4v) is 3.67. The zero-order valence-electron chi connectivity index (χ0n) is 17.7. The Labute approximate surface area is 182 Å². The van der Waals surface area contributed by atoms with Crippen LogP contribution in [0.25, 0.3) is 10.8 Å². The van der Waals surface area contributed by atoms with Crippen LogP contribution in [0.5, 0.6) is 5.75 Å². The number of nitrogens with one attached hydrogen (secondary N) is 1. The summed E-state index contributed by atoms with van der Waals surface area (Å²) in [6.45, 7) is 0.751. The third kappa shape index (κ3) is 4.95. The number of benzene rings is 3. The standard InChI is InChI=1S/C26H26N2O3/c1-28(18-19-10-11-22-16-23(30-2)13-12-21(22)15-19)25(29)17-27-26(24-9-6-14-31-24)20-7-4-3-5-8-20/h3-16,26-27H,17-18H2,1-2H3/t26-/m1/s1.